The topological polar surface area (TPSA) is 20.3 Å². The Balaban J connectivity index is 1.76. The quantitative estimate of drug-likeness (QED) is 0.767. The minimum Gasteiger partial charge on any atom is -0.300 e. The number of ketones is 1. The number of Topliss-reactive ketones (excluding diaryl/α,β-unsaturated/α-hetero) is 1. The fraction of sp³-hybridized carbons (Fsp3) is 0.583. The van der Waals surface area contributed by atoms with E-state index in [4.69, 9.17) is 11.6 Å². The van der Waals surface area contributed by atoms with Crippen molar-refractivity contribution in [3.63, 3.8) is 0 Å². The maximum absolute atomic E-state index is 11.6. The van der Waals surface area contributed by atoms with Crippen LogP contribution in [0.3, 0.4) is 0 Å². The number of nitrogens with zero attached hydrogens (tertiary/aromatic N) is 1. The lowest BCUT2D eigenvalue weighted by Crippen LogP contribution is -2.48. The Bertz CT molecular complexity index is 418. The monoisotopic (exact) mass is 287 g/mol. The van der Waals surface area contributed by atoms with Crippen LogP contribution in [0.1, 0.15) is 32.1 Å². The fourth-order valence-corrected chi connectivity index (χ4v) is 5.32. The summed E-state index contributed by atoms with van der Waals surface area (Å²) in [5.74, 6) is 0.445. The van der Waals surface area contributed by atoms with Crippen molar-refractivity contribution >= 4 is 40.7 Å². The highest BCUT2D eigenvalue weighted by molar-refractivity contribution is 7.99. The van der Waals surface area contributed by atoms with E-state index in [1.165, 1.54) is 10.6 Å². The Morgan fingerprint density at radius 1 is 1.29 bits per heavy atom. The molecule has 3 heterocycles. The van der Waals surface area contributed by atoms with Gasteiger partial charge in [-0.25, -0.2) is 4.31 Å². The number of hydrogen-bond acceptors (Lipinski definition) is 4. The first-order valence-electron chi connectivity index (χ1n) is 5.96. The van der Waals surface area contributed by atoms with Gasteiger partial charge in [0.15, 0.2) is 0 Å². The molecule has 2 nitrogen and oxygen atoms in total. The van der Waals surface area contributed by atoms with Crippen molar-refractivity contribution in [1.82, 2.24) is 4.31 Å². The molecule has 3 rings (SSSR count). The zero-order valence-corrected chi connectivity index (χ0v) is 11.8. The predicted octanol–water partition coefficient (Wildman–Crippen LogP) is 3.99. The summed E-state index contributed by atoms with van der Waals surface area (Å²) in [6.45, 7) is 0. The molecule has 0 aliphatic carbocycles. The number of fused-ring (bicyclic) bond motifs is 2. The van der Waals surface area contributed by atoms with Crippen molar-refractivity contribution in [3.8, 4) is 0 Å². The van der Waals surface area contributed by atoms with Crippen LogP contribution in [-0.4, -0.2) is 22.2 Å². The minimum atomic E-state index is 0.445. The Hall–Kier alpha value is -0.0300. The summed E-state index contributed by atoms with van der Waals surface area (Å²) < 4.78 is 4.53. The summed E-state index contributed by atoms with van der Waals surface area (Å²) in [6.07, 6.45) is 5.07. The summed E-state index contributed by atoms with van der Waals surface area (Å²) in [4.78, 5) is 11.6. The molecule has 2 bridgehead atoms. The molecule has 0 amide bonds. The van der Waals surface area contributed by atoms with Crippen molar-refractivity contribution in [2.45, 2.75) is 48.4 Å². The second-order valence-corrected chi connectivity index (χ2v) is 7.71. The average Bonchev–Trinajstić information content (AvgIpc) is 2.65. The summed E-state index contributed by atoms with van der Waals surface area (Å²) in [5, 5.41) is 0. The third-order valence-corrected chi connectivity index (χ3v) is 6.09. The third kappa shape index (κ3) is 2.55. The molecule has 5 heteroatoms. The van der Waals surface area contributed by atoms with Crippen LogP contribution in [0.15, 0.2) is 16.3 Å². The van der Waals surface area contributed by atoms with Gasteiger partial charge in [0, 0.05) is 24.9 Å². The third-order valence-electron chi connectivity index (χ3n) is 3.46. The molecular formula is C12H14ClNOS2. The van der Waals surface area contributed by atoms with Crippen molar-refractivity contribution in [1.29, 1.82) is 0 Å². The smallest absolute Gasteiger partial charge is 0.136 e. The van der Waals surface area contributed by atoms with Crippen LogP contribution in [0, 0.1) is 0 Å². The molecule has 0 spiro atoms. The molecule has 17 heavy (non-hydrogen) atoms. The van der Waals surface area contributed by atoms with Crippen molar-refractivity contribution < 1.29 is 4.79 Å². The van der Waals surface area contributed by atoms with E-state index in [0.717, 1.165) is 30.0 Å². The van der Waals surface area contributed by atoms with Gasteiger partial charge in [0.1, 0.15) is 5.78 Å². The predicted molar refractivity (Wildman–Crippen MR) is 72.7 cm³/mol. The van der Waals surface area contributed by atoms with Crippen molar-refractivity contribution in [2.24, 2.45) is 0 Å². The van der Waals surface area contributed by atoms with Gasteiger partial charge >= 0.3 is 0 Å². The number of hydrogen-bond donors (Lipinski definition) is 0. The summed E-state index contributed by atoms with van der Waals surface area (Å²) >= 11 is 9.37. The normalized spacial score (nSPS) is 29.6. The Morgan fingerprint density at radius 2 is 2.00 bits per heavy atom. The average molecular weight is 288 g/mol. The number of carbonyl (C=O) groups is 1. The van der Waals surface area contributed by atoms with Gasteiger partial charge in [-0.3, -0.25) is 4.79 Å². The van der Waals surface area contributed by atoms with Crippen LogP contribution in [0.25, 0.3) is 0 Å². The zero-order chi connectivity index (χ0) is 11.8. The number of carbonyl (C=O) groups excluding carboxylic acids is 1. The van der Waals surface area contributed by atoms with Gasteiger partial charge in [-0.1, -0.05) is 18.0 Å². The highest BCUT2D eigenvalue weighted by Crippen LogP contribution is 2.42. The van der Waals surface area contributed by atoms with Crippen LogP contribution < -0.4 is 0 Å². The lowest BCUT2D eigenvalue weighted by atomic mass is 9.86. The van der Waals surface area contributed by atoms with Gasteiger partial charge < -0.3 is 0 Å². The van der Waals surface area contributed by atoms with Gasteiger partial charge in [0.25, 0.3) is 0 Å². The van der Waals surface area contributed by atoms with Gasteiger partial charge in [-0.2, -0.15) is 0 Å². The molecule has 2 aliphatic rings. The lowest BCUT2D eigenvalue weighted by Gasteiger charge is -2.44. The lowest BCUT2D eigenvalue weighted by molar-refractivity contribution is -0.124. The van der Waals surface area contributed by atoms with Crippen LogP contribution in [-0.2, 0) is 4.79 Å². The minimum absolute atomic E-state index is 0.445. The molecule has 2 fully saturated rings. The number of halogens is 1. The van der Waals surface area contributed by atoms with Gasteiger partial charge in [0.05, 0.1) is 8.55 Å². The van der Waals surface area contributed by atoms with E-state index in [2.05, 4.69) is 10.4 Å². The molecular weight excluding hydrogens is 274 g/mol. The molecule has 2 unspecified atom stereocenters. The van der Waals surface area contributed by atoms with Crippen LogP contribution >= 0.6 is 34.9 Å². The molecule has 1 aromatic rings. The molecule has 92 valence electrons. The summed E-state index contributed by atoms with van der Waals surface area (Å²) in [5.41, 5.74) is 0. The van der Waals surface area contributed by atoms with Crippen LogP contribution in [0.4, 0.5) is 0 Å². The highest BCUT2D eigenvalue weighted by Gasteiger charge is 2.38. The first kappa shape index (κ1) is 12.0. The van der Waals surface area contributed by atoms with E-state index in [0.29, 0.717) is 17.9 Å². The largest absolute Gasteiger partial charge is 0.300 e. The molecule has 2 aliphatic heterocycles. The summed E-state index contributed by atoms with van der Waals surface area (Å²) in [6, 6.07) is 4.91. The molecule has 0 N–H and O–H groups in total. The van der Waals surface area contributed by atoms with E-state index in [9.17, 15) is 4.79 Å². The zero-order valence-electron chi connectivity index (χ0n) is 9.39. The second-order valence-electron chi connectivity index (χ2n) is 4.70. The molecule has 0 saturated carbocycles. The first-order valence-corrected chi connectivity index (χ1v) is 7.92. The van der Waals surface area contributed by atoms with Crippen LogP contribution in [0.2, 0.25) is 4.34 Å². The number of rotatable bonds is 2. The van der Waals surface area contributed by atoms with E-state index in [-0.39, 0.29) is 0 Å². The SMILES string of the molecule is O=C1CC2CCCC(C1)N2Sc1ccc(Cl)s1. The van der Waals surface area contributed by atoms with Crippen molar-refractivity contribution in [2.75, 3.05) is 0 Å². The molecule has 0 aromatic carbocycles. The van der Waals surface area contributed by atoms with Gasteiger partial charge in [-0.05, 0) is 36.9 Å². The van der Waals surface area contributed by atoms with Crippen molar-refractivity contribution in [3.05, 3.63) is 16.5 Å². The van der Waals surface area contributed by atoms with E-state index >= 15 is 0 Å². The van der Waals surface area contributed by atoms with E-state index < -0.39 is 0 Å². The molecule has 1 aromatic heterocycles. The van der Waals surface area contributed by atoms with Crippen LogP contribution in [0.5, 0.6) is 0 Å². The second kappa shape index (κ2) is 4.92. The van der Waals surface area contributed by atoms with E-state index in [1.54, 1.807) is 23.3 Å². The molecule has 2 atom stereocenters. The Morgan fingerprint density at radius 3 is 2.59 bits per heavy atom. The maximum atomic E-state index is 11.6. The number of piperidine rings is 2. The molecule has 2 saturated heterocycles. The standard InChI is InChI=1S/C12H14ClNOS2/c13-11-4-5-12(16-11)17-14-8-2-1-3-9(14)7-10(15)6-8/h4-5,8-9H,1-3,6-7H2. The Labute approximate surface area is 114 Å². The Kier molecular flexibility index (Phi) is 3.48. The van der Waals surface area contributed by atoms with E-state index in [1.807, 2.05) is 6.07 Å². The summed E-state index contributed by atoms with van der Waals surface area (Å²) in [7, 11) is 0. The first-order chi connectivity index (χ1) is 8.22. The van der Waals surface area contributed by atoms with Gasteiger partial charge in [-0.15, -0.1) is 11.3 Å². The maximum Gasteiger partial charge on any atom is 0.136 e. The highest BCUT2D eigenvalue weighted by atomic mass is 35.5. The molecule has 0 radical (unpaired) electrons. The number of thiophene rings is 1. The van der Waals surface area contributed by atoms with Gasteiger partial charge in [0.2, 0.25) is 0 Å². The fourth-order valence-electron chi connectivity index (χ4n) is 2.73.